The highest BCUT2D eigenvalue weighted by atomic mass is 28.3. The van der Waals surface area contributed by atoms with Crippen molar-refractivity contribution in [3.63, 3.8) is 0 Å². The van der Waals surface area contributed by atoms with Crippen molar-refractivity contribution in [2.24, 2.45) is 0 Å². The van der Waals surface area contributed by atoms with E-state index in [1.54, 1.807) is 20.7 Å². The Morgan fingerprint density at radius 1 is 0.458 bits per heavy atom. The van der Waals surface area contributed by atoms with Crippen molar-refractivity contribution in [1.29, 1.82) is 0 Å². The molecule has 5 rings (SSSR count). The zero-order valence-electron chi connectivity index (χ0n) is 14.8. The van der Waals surface area contributed by atoms with Gasteiger partial charge < -0.3 is 0 Å². The maximum atomic E-state index is 2.57. The Bertz CT molecular complexity index is 929. The Morgan fingerprint density at radius 3 is 1.25 bits per heavy atom. The van der Waals surface area contributed by atoms with Crippen molar-refractivity contribution in [3.05, 3.63) is 60.7 Å². The minimum absolute atomic E-state index is 1.49. The first kappa shape index (κ1) is 14.4. The molecule has 0 bridgehead atoms. The predicted octanol–water partition coefficient (Wildman–Crippen LogP) is 3.29. The number of fused-ring (bicyclic) bond motifs is 6. The molecule has 0 spiro atoms. The first-order chi connectivity index (χ1) is 11.4. The molecule has 0 aliphatic carbocycles. The van der Waals surface area contributed by atoms with Crippen LogP contribution in [0.15, 0.2) is 60.7 Å². The molecule has 0 amide bonds. The van der Waals surface area contributed by atoms with Gasteiger partial charge in [-0.1, -0.05) is 86.9 Å². The Kier molecular flexibility index (Phi) is 2.64. The largest absolute Gasteiger partial charge is 0.113 e. The van der Waals surface area contributed by atoms with Crippen LogP contribution in [-0.2, 0) is 0 Å². The maximum Gasteiger partial charge on any atom is 0.113 e. The molecule has 2 aliphatic rings. The molecule has 0 saturated heterocycles. The molecule has 0 unspecified atom stereocenters. The molecule has 0 aromatic heterocycles. The van der Waals surface area contributed by atoms with Crippen LogP contribution in [0, 0.1) is 0 Å². The third kappa shape index (κ3) is 1.58. The average molecular weight is 343 g/mol. The Balaban J connectivity index is 1.88. The number of rotatable bonds is 0. The number of hydrogen-bond donors (Lipinski definition) is 0. The highest BCUT2D eigenvalue weighted by Gasteiger charge is 2.42. The van der Waals surface area contributed by atoms with Crippen molar-refractivity contribution in [3.8, 4) is 22.3 Å². The van der Waals surface area contributed by atoms with E-state index in [9.17, 15) is 0 Å². The lowest BCUT2D eigenvalue weighted by Gasteiger charge is -2.21. The summed E-state index contributed by atoms with van der Waals surface area (Å²) in [6.45, 7) is 10.0. The van der Waals surface area contributed by atoms with E-state index in [2.05, 4.69) is 86.9 Å². The second-order valence-corrected chi connectivity index (χ2v) is 16.9. The van der Waals surface area contributed by atoms with E-state index < -0.39 is 16.1 Å². The molecule has 0 atom stereocenters. The molecule has 24 heavy (non-hydrogen) atoms. The van der Waals surface area contributed by atoms with E-state index in [0.717, 1.165) is 0 Å². The third-order valence-corrected chi connectivity index (χ3v) is 13.4. The lowest BCUT2D eigenvalue weighted by atomic mass is 10.0. The van der Waals surface area contributed by atoms with E-state index in [-0.39, 0.29) is 0 Å². The van der Waals surface area contributed by atoms with Gasteiger partial charge in [0.15, 0.2) is 0 Å². The van der Waals surface area contributed by atoms with Crippen LogP contribution in [0.4, 0.5) is 0 Å². The number of hydrogen-bond acceptors (Lipinski definition) is 0. The lowest BCUT2D eigenvalue weighted by molar-refractivity contribution is 1.71. The quantitative estimate of drug-likeness (QED) is 0.550. The molecular weight excluding hydrogens is 320 g/mol. The summed E-state index contributed by atoms with van der Waals surface area (Å²) in [6.07, 6.45) is 0. The summed E-state index contributed by atoms with van der Waals surface area (Å²) >= 11 is 0. The standard InChI is InChI=1S/C22H22Si2/c1-23(2)19-11-7-5-9-15(19)17-14-22-18(13-21(17)23)16-10-6-8-12-20(16)24(22,3)4/h5-14H,1-4H3. The summed E-state index contributed by atoms with van der Waals surface area (Å²) in [6, 6.07) is 23.3. The van der Waals surface area contributed by atoms with Crippen molar-refractivity contribution >= 4 is 36.9 Å². The van der Waals surface area contributed by atoms with Crippen LogP contribution in [0.5, 0.6) is 0 Å². The van der Waals surface area contributed by atoms with Gasteiger partial charge in [-0.3, -0.25) is 0 Å². The van der Waals surface area contributed by atoms with Gasteiger partial charge in [0.05, 0.1) is 0 Å². The fourth-order valence-electron chi connectivity index (χ4n) is 4.90. The van der Waals surface area contributed by atoms with Gasteiger partial charge in [-0.2, -0.15) is 0 Å². The topological polar surface area (TPSA) is 0 Å². The smallest absolute Gasteiger partial charge is 0.0623 e. The summed E-state index contributed by atoms with van der Waals surface area (Å²) in [5.74, 6) is 0. The molecule has 0 nitrogen and oxygen atoms in total. The third-order valence-electron chi connectivity index (χ3n) is 6.29. The summed E-state index contributed by atoms with van der Waals surface area (Å²) < 4.78 is 0. The Labute approximate surface area is 146 Å². The van der Waals surface area contributed by atoms with Crippen molar-refractivity contribution in [2.45, 2.75) is 26.2 Å². The van der Waals surface area contributed by atoms with Gasteiger partial charge in [-0.05, 0) is 43.0 Å². The van der Waals surface area contributed by atoms with E-state index in [0.29, 0.717) is 0 Å². The molecule has 3 aromatic rings. The summed E-state index contributed by atoms with van der Waals surface area (Å²) in [4.78, 5) is 0. The molecule has 0 radical (unpaired) electrons. The van der Waals surface area contributed by atoms with Gasteiger partial charge in [-0.15, -0.1) is 0 Å². The van der Waals surface area contributed by atoms with Gasteiger partial charge in [0.25, 0.3) is 0 Å². The predicted molar refractivity (Wildman–Crippen MR) is 111 cm³/mol. The molecule has 0 N–H and O–H groups in total. The second kappa shape index (κ2) is 4.38. The van der Waals surface area contributed by atoms with Crippen LogP contribution in [0.3, 0.4) is 0 Å². The zero-order valence-corrected chi connectivity index (χ0v) is 16.8. The number of benzene rings is 3. The normalized spacial score (nSPS) is 17.8. The molecule has 2 heterocycles. The molecule has 3 aromatic carbocycles. The Morgan fingerprint density at radius 2 is 0.833 bits per heavy atom. The van der Waals surface area contributed by atoms with Crippen molar-refractivity contribution in [2.75, 3.05) is 0 Å². The van der Waals surface area contributed by atoms with E-state index in [1.807, 2.05) is 0 Å². The van der Waals surface area contributed by atoms with Crippen LogP contribution in [0.1, 0.15) is 0 Å². The van der Waals surface area contributed by atoms with E-state index in [1.165, 1.54) is 22.3 Å². The minimum Gasteiger partial charge on any atom is -0.0623 e. The van der Waals surface area contributed by atoms with Crippen molar-refractivity contribution < 1.29 is 0 Å². The minimum atomic E-state index is -1.58. The van der Waals surface area contributed by atoms with Crippen molar-refractivity contribution in [1.82, 2.24) is 0 Å². The van der Waals surface area contributed by atoms with Crippen LogP contribution < -0.4 is 20.7 Å². The summed E-state index contributed by atoms with van der Waals surface area (Å²) in [5.41, 5.74) is 6.03. The molecular formula is C22H22Si2. The van der Waals surface area contributed by atoms with E-state index in [4.69, 9.17) is 0 Å². The van der Waals surface area contributed by atoms with Gasteiger partial charge in [0, 0.05) is 0 Å². The fraction of sp³-hybridized carbons (Fsp3) is 0.182. The van der Waals surface area contributed by atoms with E-state index >= 15 is 0 Å². The zero-order chi connectivity index (χ0) is 16.7. The Hall–Kier alpha value is -1.91. The van der Waals surface area contributed by atoms with Gasteiger partial charge in [0.2, 0.25) is 0 Å². The molecule has 0 saturated carbocycles. The SMILES string of the molecule is C[Si]1(C)c2ccccc2-c2cc3c(cc21)-c1ccccc1[Si]3(C)C. The maximum absolute atomic E-state index is 2.57. The second-order valence-electron chi connectivity index (χ2n) is 8.28. The summed E-state index contributed by atoms with van der Waals surface area (Å²) in [7, 11) is -3.15. The van der Waals surface area contributed by atoms with Crippen LogP contribution in [-0.4, -0.2) is 16.1 Å². The lowest BCUT2D eigenvalue weighted by Crippen LogP contribution is -2.51. The monoisotopic (exact) mass is 342 g/mol. The van der Waals surface area contributed by atoms with Gasteiger partial charge in [-0.25, -0.2) is 0 Å². The fourth-order valence-corrected chi connectivity index (χ4v) is 11.1. The van der Waals surface area contributed by atoms with Gasteiger partial charge >= 0.3 is 0 Å². The van der Waals surface area contributed by atoms with Crippen LogP contribution in [0.25, 0.3) is 22.3 Å². The molecule has 2 aliphatic heterocycles. The first-order valence-corrected chi connectivity index (χ1v) is 14.8. The molecule has 118 valence electrons. The molecule has 2 heteroatoms. The summed E-state index contributed by atoms with van der Waals surface area (Å²) in [5, 5.41) is 6.47. The first-order valence-electron chi connectivity index (χ1n) is 8.81. The highest BCUT2D eigenvalue weighted by Crippen LogP contribution is 2.34. The highest BCUT2D eigenvalue weighted by molar-refractivity contribution is 7.06. The van der Waals surface area contributed by atoms with Crippen LogP contribution >= 0.6 is 0 Å². The van der Waals surface area contributed by atoms with Gasteiger partial charge in [0.1, 0.15) is 16.1 Å². The average Bonchev–Trinajstić information content (AvgIpc) is 2.95. The molecule has 0 fully saturated rings. The van der Waals surface area contributed by atoms with Crippen LogP contribution in [0.2, 0.25) is 26.2 Å².